The molecule has 0 saturated carbocycles. The molecule has 1 amide bonds. The maximum Gasteiger partial charge on any atom is 0.339 e. The van der Waals surface area contributed by atoms with Crippen LogP contribution in [0.5, 0.6) is 0 Å². The van der Waals surface area contributed by atoms with Crippen LogP contribution in [-0.4, -0.2) is 18.9 Å². The monoisotopic (exact) mass is 357 g/mol. The van der Waals surface area contributed by atoms with Crippen LogP contribution >= 0.6 is 15.9 Å². The summed E-state index contributed by atoms with van der Waals surface area (Å²) >= 11 is 3.48. The van der Waals surface area contributed by atoms with Crippen molar-refractivity contribution in [3.63, 3.8) is 0 Å². The highest BCUT2D eigenvalue weighted by molar-refractivity contribution is 9.10. The van der Waals surface area contributed by atoms with Crippen molar-refractivity contribution in [3.05, 3.63) is 63.6 Å². The second-order valence-electron chi connectivity index (χ2n) is 5.55. The van der Waals surface area contributed by atoms with E-state index in [1.165, 1.54) is 0 Å². The van der Waals surface area contributed by atoms with Gasteiger partial charge in [0.25, 0.3) is 5.91 Å². The molecule has 5 heteroatoms. The summed E-state index contributed by atoms with van der Waals surface area (Å²) in [7, 11) is 1.70. The highest BCUT2D eigenvalue weighted by Gasteiger charge is 2.56. The van der Waals surface area contributed by atoms with E-state index in [4.69, 9.17) is 4.74 Å². The van der Waals surface area contributed by atoms with Gasteiger partial charge in [-0.1, -0.05) is 30.3 Å². The second kappa shape index (κ2) is 4.43. The predicted molar refractivity (Wildman–Crippen MR) is 84.8 cm³/mol. The van der Waals surface area contributed by atoms with Gasteiger partial charge in [0.05, 0.1) is 11.3 Å². The lowest BCUT2D eigenvalue weighted by Gasteiger charge is -2.33. The number of carbonyl (C=O) groups excluding carboxylic acids is 2. The highest BCUT2D eigenvalue weighted by Crippen LogP contribution is 2.49. The number of carbonyl (C=O) groups is 2. The Kier molecular flexibility index (Phi) is 2.72. The zero-order chi connectivity index (χ0) is 15.5. The van der Waals surface area contributed by atoms with Crippen molar-refractivity contribution in [2.24, 2.45) is 0 Å². The zero-order valence-corrected chi connectivity index (χ0v) is 13.4. The number of ether oxygens (including phenoxy) is 1. The van der Waals surface area contributed by atoms with Crippen molar-refractivity contribution >= 4 is 33.5 Å². The lowest BCUT2D eigenvalue weighted by molar-refractivity contribution is -0.137. The molecule has 22 heavy (non-hydrogen) atoms. The van der Waals surface area contributed by atoms with Crippen molar-refractivity contribution in [1.82, 2.24) is 0 Å². The van der Waals surface area contributed by atoms with Crippen LogP contribution in [-0.2, 0) is 21.6 Å². The molecule has 0 aromatic heterocycles. The van der Waals surface area contributed by atoms with E-state index in [1.54, 1.807) is 24.1 Å². The molecule has 1 spiro atoms. The molecule has 110 valence electrons. The molecule has 4 rings (SSSR count). The Bertz CT molecular complexity index is 832. The maximum absolute atomic E-state index is 12.9. The number of likely N-dealkylation sites (N-methyl/N-ethyl adjacent to an activating group) is 1. The van der Waals surface area contributed by atoms with E-state index in [0.29, 0.717) is 12.0 Å². The smallest absolute Gasteiger partial charge is 0.339 e. The summed E-state index contributed by atoms with van der Waals surface area (Å²) in [5.41, 5.74) is 1.62. The van der Waals surface area contributed by atoms with Gasteiger partial charge in [-0.25, -0.2) is 4.79 Å². The van der Waals surface area contributed by atoms with E-state index in [9.17, 15) is 9.59 Å². The zero-order valence-electron chi connectivity index (χ0n) is 11.8. The van der Waals surface area contributed by atoms with Crippen LogP contribution in [0.3, 0.4) is 0 Å². The molecule has 4 nitrogen and oxygen atoms in total. The van der Waals surface area contributed by atoms with Gasteiger partial charge in [-0.15, -0.1) is 0 Å². The fraction of sp³-hybridized carbons (Fsp3) is 0.176. The minimum atomic E-state index is -1.25. The Hall–Kier alpha value is -2.14. The van der Waals surface area contributed by atoms with Crippen molar-refractivity contribution in [3.8, 4) is 0 Å². The standard InChI is InChI=1S/C17H12BrNO3/c1-19-14-12(7-4-8-13(14)18)17(16(19)21)9-10-5-2-3-6-11(10)15(20)22-17/h2-8H,9H2,1H3. The first-order valence-corrected chi connectivity index (χ1v) is 7.72. The number of hydrogen-bond acceptors (Lipinski definition) is 3. The third-order valence-electron chi connectivity index (χ3n) is 4.35. The number of halogens is 1. The van der Waals surface area contributed by atoms with Crippen LogP contribution < -0.4 is 4.90 Å². The summed E-state index contributed by atoms with van der Waals surface area (Å²) in [6, 6.07) is 12.9. The number of benzene rings is 2. The molecule has 0 saturated heterocycles. The summed E-state index contributed by atoms with van der Waals surface area (Å²) in [6.07, 6.45) is 0.363. The highest BCUT2D eigenvalue weighted by atomic mass is 79.9. The summed E-state index contributed by atoms with van der Waals surface area (Å²) < 4.78 is 6.49. The van der Waals surface area contributed by atoms with Gasteiger partial charge >= 0.3 is 5.97 Å². The normalized spacial score (nSPS) is 22.5. The van der Waals surface area contributed by atoms with Gasteiger partial charge in [0.1, 0.15) is 0 Å². The molecule has 2 heterocycles. The minimum absolute atomic E-state index is 0.211. The Balaban J connectivity index is 1.96. The average Bonchev–Trinajstić information content (AvgIpc) is 2.71. The van der Waals surface area contributed by atoms with E-state index >= 15 is 0 Å². The number of fused-ring (bicyclic) bond motifs is 3. The number of amides is 1. The largest absolute Gasteiger partial charge is 0.440 e. The number of para-hydroxylation sites is 1. The molecule has 0 aliphatic carbocycles. The quantitative estimate of drug-likeness (QED) is 0.680. The van der Waals surface area contributed by atoms with Gasteiger partial charge in [0.2, 0.25) is 5.60 Å². The van der Waals surface area contributed by atoms with Crippen molar-refractivity contribution in [1.29, 1.82) is 0 Å². The van der Waals surface area contributed by atoms with Crippen LogP contribution in [0.1, 0.15) is 21.5 Å². The molecule has 0 bridgehead atoms. The first-order valence-electron chi connectivity index (χ1n) is 6.93. The van der Waals surface area contributed by atoms with E-state index < -0.39 is 11.6 Å². The summed E-state index contributed by atoms with van der Waals surface area (Å²) in [5.74, 6) is -0.659. The molecule has 0 fully saturated rings. The average molecular weight is 358 g/mol. The fourth-order valence-corrected chi connectivity index (χ4v) is 3.96. The van der Waals surface area contributed by atoms with Gasteiger partial charge in [0.15, 0.2) is 0 Å². The van der Waals surface area contributed by atoms with Crippen molar-refractivity contribution < 1.29 is 14.3 Å². The number of anilines is 1. The molecule has 2 aliphatic heterocycles. The van der Waals surface area contributed by atoms with Crippen LogP contribution in [0.2, 0.25) is 0 Å². The van der Waals surface area contributed by atoms with E-state index in [2.05, 4.69) is 15.9 Å². The van der Waals surface area contributed by atoms with Gasteiger partial charge in [-0.05, 0) is 33.6 Å². The number of rotatable bonds is 0. The number of esters is 1. The van der Waals surface area contributed by atoms with Crippen molar-refractivity contribution in [2.45, 2.75) is 12.0 Å². The summed E-state index contributed by atoms with van der Waals surface area (Å²) in [5, 5.41) is 0. The number of nitrogens with zero attached hydrogens (tertiary/aromatic N) is 1. The van der Waals surface area contributed by atoms with Crippen LogP contribution in [0.15, 0.2) is 46.9 Å². The van der Waals surface area contributed by atoms with Crippen molar-refractivity contribution in [2.75, 3.05) is 11.9 Å². The molecule has 1 atom stereocenters. The SMILES string of the molecule is CN1C(=O)C2(Cc3ccccc3C(=O)O2)c2cccc(Br)c21. The van der Waals surface area contributed by atoms with Gasteiger partial charge < -0.3 is 9.64 Å². The Morgan fingerprint density at radius 2 is 1.91 bits per heavy atom. The van der Waals surface area contributed by atoms with Gasteiger partial charge in [-0.3, -0.25) is 4.79 Å². The fourth-order valence-electron chi connectivity index (χ4n) is 3.33. The lowest BCUT2D eigenvalue weighted by atomic mass is 9.84. The maximum atomic E-state index is 12.9. The molecular formula is C17H12BrNO3. The molecule has 2 aromatic carbocycles. The van der Waals surface area contributed by atoms with Crippen LogP contribution in [0, 0.1) is 0 Å². The predicted octanol–water partition coefficient (Wildman–Crippen LogP) is 3.03. The van der Waals surface area contributed by atoms with Gasteiger partial charge in [-0.2, -0.15) is 0 Å². The summed E-state index contributed by atoms with van der Waals surface area (Å²) in [6.45, 7) is 0. The Morgan fingerprint density at radius 1 is 1.14 bits per heavy atom. The lowest BCUT2D eigenvalue weighted by Crippen LogP contribution is -2.46. The first kappa shape index (κ1) is 13.5. The first-order chi connectivity index (χ1) is 10.5. The second-order valence-corrected chi connectivity index (χ2v) is 6.40. The topological polar surface area (TPSA) is 46.6 Å². The third-order valence-corrected chi connectivity index (χ3v) is 4.99. The summed E-state index contributed by atoms with van der Waals surface area (Å²) in [4.78, 5) is 26.8. The Morgan fingerprint density at radius 3 is 2.73 bits per heavy atom. The van der Waals surface area contributed by atoms with Gasteiger partial charge in [0, 0.05) is 23.5 Å². The van der Waals surface area contributed by atoms with E-state index in [1.807, 2.05) is 30.3 Å². The molecule has 2 aromatic rings. The molecule has 0 radical (unpaired) electrons. The Labute approximate surface area is 135 Å². The molecule has 2 aliphatic rings. The molecular weight excluding hydrogens is 346 g/mol. The minimum Gasteiger partial charge on any atom is -0.440 e. The third kappa shape index (κ3) is 1.57. The van der Waals surface area contributed by atoms with Crippen LogP contribution in [0.25, 0.3) is 0 Å². The number of hydrogen-bond donors (Lipinski definition) is 0. The molecule has 0 N–H and O–H groups in total. The molecule has 1 unspecified atom stereocenters. The van der Waals surface area contributed by atoms with Crippen LogP contribution in [0.4, 0.5) is 5.69 Å². The van der Waals surface area contributed by atoms with E-state index in [0.717, 1.165) is 21.3 Å². The van der Waals surface area contributed by atoms with E-state index in [-0.39, 0.29) is 5.91 Å².